The first-order chi connectivity index (χ1) is 16.0. The number of likely N-dealkylation sites (tertiary alicyclic amines) is 1. The van der Waals surface area contributed by atoms with Crippen LogP contribution in [0.5, 0.6) is 0 Å². The predicted octanol–water partition coefficient (Wildman–Crippen LogP) is 0.945. The van der Waals surface area contributed by atoms with Crippen molar-refractivity contribution in [2.24, 2.45) is 0 Å². The molecule has 2 aromatic rings. The van der Waals surface area contributed by atoms with Crippen LogP contribution >= 0.6 is 0 Å². The number of hydrogen-bond acceptors (Lipinski definition) is 6. The molecule has 2 atom stereocenters. The molecule has 2 N–H and O–H groups in total. The smallest absolute Gasteiger partial charge is 0.329 e. The van der Waals surface area contributed by atoms with Crippen LogP contribution in [0.4, 0.5) is 11.8 Å². The molecule has 0 saturated carbocycles. The van der Waals surface area contributed by atoms with E-state index in [9.17, 15) is 14.3 Å². The van der Waals surface area contributed by atoms with Gasteiger partial charge in [-0.05, 0) is 12.0 Å². The summed E-state index contributed by atoms with van der Waals surface area (Å²) in [5, 5.41) is 13.5. The van der Waals surface area contributed by atoms with E-state index in [2.05, 4.69) is 11.4 Å². The third-order valence-electron chi connectivity index (χ3n) is 7.22. The number of nitrogens with zero attached hydrogens (tertiary/aromatic N) is 4. The number of piperidine rings is 2. The molecule has 8 nitrogen and oxygen atoms in total. The van der Waals surface area contributed by atoms with Gasteiger partial charge >= 0.3 is 5.95 Å². The largest absolute Gasteiger partial charge is 0.364 e. The summed E-state index contributed by atoms with van der Waals surface area (Å²) in [6, 6.07) is 12.7. The summed E-state index contributed by atoms with van der Waals surface area (Å²) in [6.07, 6.45) is 3.42. The van der Waals surface area contributed by atoms with Crippen LogP contribution in [0.1, 0.15) is 36.9 Å². The number of nitrogens with one attached hydrogen (secondary N) is 2. The van der Waals surface area contributed by atoms with Gasteiger partial charge in [-0.15, -0.1) is 0 Å². The zero-order valence-electron chi connectivity index (χ0n) is 18.8. The Balaban J connectivity index is 1.38. The summed E-state index contributed by atoms with van der Waals surface area (Å²) in [6.45, 7) is 2.15. The fourth-order valence-electron chi connectivity index (χ4n) is 5.20. The predicted molar refractivity (Wildman–Crippen MR) is 125 cm³/mol. The van der Waals surface area contributed by atoms with E-state index in [1.54, 1.807) is 4.90 Å². The molecule has 1 unspecified atom stereocenters. The van der Waals surface area contributed by atoms with E-state index >= 15 is 0 Å². The van der Waals surface area contributed by atoms with Crippen molar-refractivity contribution in [3.8, 4) is 6.07 Å². The lowest BCUT2D eigenvalue weighted by molar-refractivity contribution is -0.845. The molecular weight excluding hydrogens is 436 g/mol. The fraction of sp³-hybridized carbons (Fsp3) is 0.500. The van der Waals surface area contributed by atoms with E-state index in [-0.39, 0.29) is 11.9 Å². The van der Waals surface area contributed by atoms with Crippen LogP contribution in [0.2, 0.25) is 0 Å². The van der Waals surface area contributed by atoms with Gasteiger partial charge in [0.05, 0.1) is 41.1 Å². The number of aryl methyl sites for hydroxylation is 1. The molecule has 2 saturated heterocycles. The summed E-state index contributed by atoms with van der Waals surface area (Å²) >= 11 is 0. The van der Waals surface area contributed by atoms with Crippen LogP contribution in [0, 0.1) is 11.3 Å². The first kappa shape index (κ1) is 22.0. The average molecular weight is 466 g/mol. The van der Waals surface area contributed by atoms with E-state index in [1.165, 1.54) is 0 Å². The molecule has 4 heterocycles. The van der Waals surface area contributed by atoms with Gasteiger partial charge in [0.2, 0.25) is 5.91 Å². The van der Waals surface area contributed by atoms with Crippen LogP contribution in [0.3, 0.4) is 0 Å². The monoisotopic (exact) mass is 465 g/mol. The third-order valence-corrected chi connectivity index (χ3v) is 8.68. The molecule has 5 rings (SSSR count). The topological polar surface area (TPSA) is 103 Å². The first-order valence-corrected chi connectivity index (χ1v) is 12.9. The molecular formula is C24H29N6O2S+. The van der Waals surface area contributed by atoms with Gasteiger partial charge in [0.15, 0.2) is 5.82 Å². The van der Waals surface area contributed by atoms with Crippen LogP contribution in [0.15, 0.2) is 35.2 Å². The number of carbonyl (C=O) groups excluding carboxylic acids is 1. The lowest BCUT2D eigenvalue weighted by Crippen LogP contribution is -3.09. The Labute approximate surface area is 196 Å². The second-order valence-electron chi connectivity index (χ2n) is 9.29. The molecule has 0 aliphatic carbocycles. The van der Waals surface area contributed by atoms with E-state index in [4.69, 9.17) is 9.97 Å². The van der Waals surface area contributed by atoms with Crippen molar-refractivity contribution in [3.63, 3.8) is 0 Å². The van der Waals surface area contributed by atoms with Crippen molar-refractivity contribution >= 4 is 28.5 Å². The number of carbonyl (C=O) groups is 1. The van der Waals surface area contributed by atoms with Crippen molar-refractivity contribution < 1.29 is 13.9 Å². The van der Waals surface area contributed by atoms with E-state index in [0.29, 0.717) is 31.0 Å². The van der Waals surface area contributed by atoms with Crippen molar-refractivity contribution in [1.82, 2.24) is 14.9 Å². The Morgan fingerprint density at radius 1 is 1.21 bits per heavy atom. The van der Waals surface area contributed by atoms with Crippen LogP contribution in [-0.4, -0.2) is 63.5 Å². The lowest BCUT2D eigenvalue weighted by Gasteiger charge is -2.34. The number of rotatable bonds is 4. The molecule has 2 fully saturated rings. The number of nitriles is 1. The van der Waals surface area contributed by atoms with Gasteiger partial charge < -0.3 is 10.2 Å². The Kier molecular flexibility index (Phi) is 5.89. The second-order valence-corrected chi connectivity index (χ2v) is 10.8. The highest BCUT2D eigenvalue weighted by Crippen LogP contribution is 2.33. The highest BCUT2D eigenvalue weighted by Gasteiger charge is 2.40. The van der Waals surface area contributed by atoms with Crippen molar-refractivity contribution in [1.29, 1.82) is 5.26 Å². The molecule has 9 heteroatoms. The zero-order valence-corrected chi connectivity index (χ0v) is 19.7. The van der Waals surface area contributed by atoms with Gasteiger partial charge in [-0.2, -0.15) is 15.2 Å². The summed E-state index contributed by atoms with van der Waals surface area (Å²) in [4.78, 5) is 25.2. The summed E-state index contributed by atoms with van der Waals surface area (Å²) < 4.78 is 12.7. The quantitative estimate of drug-likeness (QED) is 0.697. The Hall–Kier alpha value is -2.83. The Morgan fingerprint density at radius 2 is 1.97 bits per heavy atom. The van der Waals surface area contributed by atoms with Crippen LogP contribution in [-0.2, 0) is 27.4 Å². The molecule has 1 amide bonds. The molecule has 33 heavy (non-hydrogen) atoms. The lowest BCUT2D eigenvalue weighted by atomic mass is 9.74. The number of aromatic nitrogens is 2. The normalized spacial score (nSPS) is 29.4. The standard InChI is InChI=1S/C24H28N6O2S/c1-29-15-18(7-8-20(29)31)26-22-21-19(9-14-33(21)32)27-23(28-22)30-12-10-24(16-25,11-13-30)17-5-3-2-4-6-17/h2-6,18H,7-15H2,1H3,(H,26,27,28)/p+1/t18-,33?/m0/s1. The molecule has 1 aromatic carbocycles. The summed E-state index contributed by atoms with van der Waals surface area (Å²) in [5.74, 6) is 2.11. The molecule has 0 radical (unpaired) electrons. The van der Waals surface area contributed by atoms with Crippen molar-refractivity contribution in [2.75, 3.05) is 37.8 Å². The maximum absolute atomic E-state index is 12.7. The van der Waals surface area contributed by atoms with Gasteiger partial charge in [0.1, 0.15) is 4.90 Å². The maximum Gasteiger partial charge on any atom is 0.329 e. The van der Waals surface area contributed by atoms with E-state index in [1.807, 2.05) is 37.4 Å². The average Bonchev–Trinajstić information content (AvgIpc) is 3.23. The molecule has 0 spiro atoms. The number of fused-ring (bicyclic) bond motifs is 1. The van der Waals surface area contributed by atoms with Crippen LogP contribution in [0.25, 0.3) is 0 Å². The minimum absolute atomic E-state index is 0.0813. The van der Waals surface area contributed by atoms with Gasteiger partial charge in [0.25, 0.3) is 0 Å². The highest BCUT2D eigenvalue weighted by atomic mass is 32.2. The Bertz CT molecular complexity index is 1120. The molecule has 3 aliphatic rings. The third kappa shape index (κ3) is 4.13. The van der Waals surface area contributed by atoms with Crippen LogP contribution < -0.4 is 10.2 Å². The molecule has 3 aliphatic heterocycles. The number of amides is 1. The Morgan fingerprint density at radius 3 is 2.67 bits per heavy atom. The number of quaternary nitrogens is 1. The summed E-state index contributed by atoms with van der Waals surface area (Å²) in [5.41, 5.74) is 1.48. The minimum atomic E-state index is -1.10. The van der Waals surface area contributed by atoms with Gasteiger partial charge in [0, 0.05) is 51.1 Å². The second kappa shape index (κ2) is 8.84. The van der Waals surface area contributed by atoms with Crippen molar-refractivity contribution in [2.45, 2.75) is 48.5 Å². The zero-order chi connectivity index (χ0) is 23.0. The first-order valence-electron chi connectivity index (χ1n) is 11.6. The molecule has 172 valence electrons. The van der Waals surface area contributed by atoms with Gasteiger partial charge in [-0.3, -0.25) is 13.9 Å². The minimum Gasteiger partial charge on any atom is -0.364 e. The van der Waals surface area contributed by atoms with E-state index < -0.39 is 16.2 Å². The number of hydrogen-bond donors (Lipinski definition) is 2. The van der Waals surface area contributed by atoms with Gasteiger partial charge in [-0.1, -0.05) is 30.3 Å². The number of benzene rings is 1. The fourth-order valence-corrected chi connectivity index (χ4v) is 6.51. The highest BCUT2D eigenvalue weighted by molar-refractivity contribution is 7.85. The van der Waals surface area contributed by atoms with Gasteiger partial charge in [-0.25, -0.2) is 0 Å². The van der Waals surface area contributed by atoms with E-state index in [0.717, 1.165) is 59.4 Å². The SMILES string of the molecule is CN1C[C@@H](Nc2nc([NH+]3CCC(C#N)(c4ccccc4)CC3)nc3c2S(=O)CC3)CCC1=O. The number of likely N-dealkylation sites (N-methyl/N-ethyl adjacent to an activating group) is 1. The van der Waals surface area contributed by atoms with Crippen molar-refractivity contribution in [3.05, 3.63) is 41.6 Å². The number of anilines is 1. The molecule has 1 aromatic heterocycles. The molecule has 0 bridgehead atoms. The summed E-state index contributed by atoms with van der Waals surface area (Å²) in [7, 11) is 0.714. The maximum atomic E-state index is 12.7.